The summed E-state index contributed by atoms with van der Waals surface area (Å²) in [5.41, 5.74) is -0.107. The van der Waals surface area contributed by atoms with Gasteiger partial charge < -0.3 is 20.1 Å². The fraction of sp³-hybridized carbons (Fsp3) is 0.400. The molecule has 0 aromatic carbocycles. The number of nitrogens with zero attached hydrogens (tertiary/aromatic N) is 1. The molecule has 2 heterocycles. The predicted octanol–water partition coefficient (Wildman–Crippen LogP) is 2.12. The maximum atomic E-state index is 13.5. The Balaban J connectivity index is 2.00. The van der Waals surface area contributed by atoms with E-state index in [0.29, 0.717) is 17.7 Å². The van der Waals surface area contributed by atoms with Gasteiger partial charge >= 0.3 is 11.9 Å². The predicted molar refractivity (Wildman–Crippen MR) is 122 cm³/mol. The largest absolute Gasteiger partial charge is 0.480 e. The van der Waals surface area contributed by atoms with Gasteiger partial charge in [-0.2, -0.15) is 0 Å². The zero-order chi connectivity index (χ0) is 25.0. The number of rotatable bonds is 10. The van der Waals surface area contributed by atoms with Gasteiger partial charge in [0.25, 0.3) is 0 Å². The lowest BCUT2D eigenvalue weighted by molar-refractivity contribution is -0.153. The molecular weight excluding hydrogens is 440 g/mol. The van der Waals surface area contributed by atoms with Gasteiger partial charge in [-0.15, -0.1) is 0 Å². The molecule has 0 fully saturated rings. The number of aliphatic carboxylic acids is 1. The molecule has 1 aliphatic carbocycles. The van der Waals surface area contributed by atoms with Crippen molar-refractivity contribution in [1.29, 1.82) is 0 Å². The molecule has 0 spiro atoms. The highest BCUT2D eigenvalue weighted by Crippen LogP contribution is 2.44. The molecule has 0 saturated heterocycles. The fourth-order valence-electron chi connectivity index (χ4n) is 4.13. The molecule has 0 aromatic rings. The van der Waals surface area contributed by atoms with Crippen molar-refractivity contribution in [2.45, 2.75) is 52.1 Å². The van der Waals surface area contributed by atoms with Crippen molar-refractivity contribution in [3.63, 3.8) is 0 Å². The van der Waals surface area contributed by atoms with Gasteiger partial charge in [-0.1, -0.05) is 25.8 Å². The minimum Gasteiger partial charge on any atom is -0.480 e. The third-order valence-corrected chi connectivity index (χ3v) is 5.87. The highest BCUT2D eigenvalue weighted by Gasteiger charge is 2.54. The fourth-order valence-corrected chi connectivity index (χ4v) is 4.13. The standard InChI is InChI=1S/C25H28N2O7/c1-4-6-7-9-19(28)22-18-11-15-10-16(8-5-2)27(14-20(29)26-12-21(30)31)13-17(15)23(32)25(18,3)34-24(22)33/h5,8,10-11,13H,4,6-7,9,12,14H2,1-3H3,(H,26,29)(H,30,31)/b8-5+. The van der Waals surface area contributed by atoms with Gasteiger partial charge in [0.15, 0.2) is 11.4 Å². The minimum atomic E-state index is -1.62. The number of ether oxygens (including phenoxy) is 1. The van der Waals surface area contributed by atoms with Crippen molar-refractivity contribution in [3.05, 3.63) is 58.5 Å². The van der Waals surface area contributed by atoms with Gasteiger partial charge in [0.1, 0.15) is 18.7 Å². The number of unbranched alkanes of at least 4 members (excludes halogenated alkanes) is 2. The van der Waals surface area contributed by atoms with Crippen LogP contribution < -0.4 is 5.32 Å². The molecule has 9 heteroatoms. The van der Waals surface area contributed by atoms with E-state index in [-0.39, 0.29) is 35.5 Å². The van der Waals surface area contributed by atoms with Crippen molar-refractivity contribution < 1.29 is 33.8 Å². The Bertz CT molecular complexity index is 1110. The monoisotopic (exact) mass is 468 g/mol. The van der Waals surface area contributed by atoms with Crippen LogP contribution in [0.5, 0.6) is 0 Å². The maximum Gasteiger partial charge on any atom is 0.343 e. The summed E-state index contributed by atoms with van der Waals surface area (Å²) in [6.45, 7) is 4.54. The minimum absolute atomic E-state index is 0.0741. The number of hydrogen-bond donors (Lipinski definition) is 2. The van der Waals surface area contributed by atoms with E-state index in [1.54, 1.807) is 31.2 Å². The first-order valence-corrected chi connectivity index (χ1v) is 11.2. The first-order valence-electron chi connectivity index (χ1n) is 11.2. The third kappa shape index (κ3) is 4.78. The van der Waals surface area contributed by atoms with E-state index >= 15 is 0 Å². The van der Waals surface area contributed by atoms with Crippen molar-refractivity contribution in [1.82, 2.24) is 10.2 Å². The topological polar surface area (TPSA) is 130 Å². The molecular formula is C25H28N2O7. The number of amides is 1. The van der Waals surface area contributed by atoms with E-state index in [1.165, 1.54) is 18.0 Å². The van der Waals surface area contributed by atoms with Gasteiger partial charge in [-0.05, 0) is 44.1 Å². The highest BCUT2D eigenvalue weighted by atomic mass is 16.6. The molecule has 3 rings (SSSR count). The number of ketones is 2. The third-order valence-electron chi connectivity index (χ3n) is 5.87. The number of allylic oxidation sites excluding steroid dienone is 4. The summed E-state index contributed by atoms with van der Waals surface area (Å²) in [4.78, 5) is 63.4. The number of fused-ring (bicyclic) bond motifs is 2. The van der Waals surface area contributed by atoms with Crippen LogP contribution in [0.1, 0.15) is 46.5 Å². The van der Waals surface area contributed by atoms with E-state index in [9.17, 15) is 24.0 Å². The zero-order valence-corrected chi connectivity index (χ0v) is 19.5. The average Bonchev–Trinajstić information content (AvgIpc) is 3.04. The SMILES string of the molecule is C/C=C/C1=CC2=CC3=C(C(=O)CCCCC)C(=O)OC3(C)C(=O)C2=CN1CC(=O)NCC(=O)O. The number of hydrogen-bond acceptors (Lipinski definition) is 7. The van der Waals surface area contributed by atoms with Crippen LogP contribution in [0, 0.1) is 0 Å². The molecule has 0 bridgehead atoms. The Morgan fingerprint density at radius 2 is 1.94 bits per heavy atom. The molecule has 34 heavy (non-hydrogen) atoms. The Hall–Kier alpha value is -3.75. The summed E-state index contributed by atoms with van der Waals surface area (Å²) in [7, 11) is 0. The van der Waals surface area contributed by atoms with Crippen LogP contribution in [0.25, 0.3) is 0 Å². The smallest absolute Gasteiger partial charge is 0.343 e. The molecule has 1 unspecified atom stereocenters. The van der Waals surface area contributed by atoms with Crippen molar-refractivity contribution in [2.24, 2.45) is 0 Å². The molecule has 0 radical (unpaired) electrons. The summed E-state index contributed by atoms with van der Waals surface area (Å²) < 4.78 is 5.44. The average molecular weight is 469 g/mol. The lowest BCUT2D eigenvalue weighted by atomic mass is 9.76. The van der Waals surface area contributed by atoms with Crippen molar-refractivity contribution >= 4 is 29.4 Å². The molecule has 2 N–H and O–H groups in total. The number of carbonyl (C=O) groups is 5. The first-order chi connectivity index (χ1) is 16.1. The number of carbonyl (C=O) groups excluding carboxylic acids is 4. The maximum absolute atomic E-state index is 13.5. The molecule has 1 atom stereocenters. The van der Waals surface area contributed by atoms with Crippen LogP contribution in [0.4, 0.5) is 0 Å². The summed E-state index contributed by atoms with van der Waals surface area (Å²) in [5.74, 6) is -3.33. The van der Waals surface area contributed by atoms with Crippen LogP contribution in [0.3, 0.4) is 0 Å². The molecule has 1 amide bonds. The summed E-state index contributed by atoms with van der Waals surface area (Å²) in [5, 5.41) is 11.1. The highest BCUT2D eigenvalue weighted by molar-refractivity contribution is 6.25. The lowest BCUT2D eigenvalue weighted by Crippen LogP contribution is -2.43. The zero-order valence-electron chi connectivity index (χ0n) is 19.5. The van der Waals surface area contributed by atoms with Crippen molar-refractivity contribution in [3.8, 4) is 0 Å². The Labute approximate surface area is 197 Å². The summed E-state index contributed by atoms with van der Waals surface area (Å²) >= 11 is 0. The number of carboxylic acid groups (broad SMARTS) is 1. The Morgan fingerprint density at radius 1 is 1.21 bits per heavy atom. The van der Waals surface area contributed by atoms with Crippen LogP contribution in [-0.4, -0.2) is 58.1 Å². The molecule has 9 nitrogen and oxygen atoms in total. The van der Waals surface area contributed by atoms with Crippen LogP contribution in [0.15, 0.2) is 58.5 Å². The van der Waals surface area contributed by atoms with Crippen LogP contribution in [-0.2, 0) is 28.7 Å². The second kappa shape index (κ2) is 10.0. The van der Waals surface area contributed by atoms with Gasteiger partial charge in [-0.25, -0.2) is 4.79 Å². The lowest BCUT2D eigenvalue weighted by Gasteiger charge is -2.34. The quantitative estimate of drug-likeness (QED) is 0.283. The molecule has 180 valence electrons. The van der Waals surface area contributed by atoms with Gasteiger partial charge in [0, 0.05) is 29.5 Å². The molecule has 0 aromatic heterocycles. The molecule has 2 aliphatic heterocycles. The number of nitrogens with one attached hydrogen (secondary N) is 1. The van der Waals surface area contributed by atoms with Crippen molar-refractivity contribution in [2.75, 3.05) is 13.1 Å². The van der Waals surface area contributed by atoms with Crippen LogP contribution >= 0.6 is 0 Å². The Morgan fingerprint density at radius 3 is 2.59 bits per heavy atom. The second-order valence-corrected chi connectivity index (χ2v) is 8.43. The number of carboxylic acids is 1. The van der Waals surface area contributed by atoms with E-state index in [0.717, 1.165) is 12.8 Å². The second-order valence-electron chi connectivity index (χ2n) is 8.43. The van der Waals surface area contributed by atoms with Gasteiger partial charge in [0.2, 0.25) is 11.7 Å². The summed E-state index contributed by atoms with van der Waals surface area (Å²) in [6, 6.07) is 0. The normalized spacial score (nSPS) is 21.5. The van der Waals surface area contributed by atoms with E-state index in [2.05, 4.69) is 5.32 Å². The Kier molecular flexibility index (Phi) is 7.34. The number of Topliss-reactive ketones (excluding diaryl/α,β-unsaturated/α-hetero) is 2. The van der Waals surface area contributed by atoms with E-state index < -0.39 is 35.8 Å². The molecule has 0 saturated carbocycles. The summed E-state index contributed by atoms with van der Waals surface area (Å²) in [6.07, 6.45) is 10.9. The van der Waals surface area contributed by atoms with Gasteiger partial charge in [0.05, 0.1) is 0 Å². The van der Waals surface area contributed by atoms with E-state index in [1.807, 2.05) is 6.92 Å². The van der Waals surface area contributed by atoms with Gasteiger partial charge in [-0.3, -0.25) is 19.2 Å². The van der Waals surface area contributed by atoms with Crippen LogP contribution in [0.2, 0.25) is 0 Å². The first kappa shape index (κ1) is 24.9. The van der Waals surface area contributed by atoms with E-state index in [4.69, 9.17) is 9.84 Å². The molecule has 3 aliphatic rings. The number of esters is 1.